The molecule has 2 N–H and O–H groups in total. The Morgan fingerprint density at radius 1 is 1.25 bits per heavy atom. The summed E-state index contributed by atoms with van der Waals surface area (Å²) in [6.45, 7) is 10.7. The van der Waals surface area contributed by atoms with Gasteiger partial charge in [-0.05, 0) is 25.6 Å². The van der Waals surface area contributed by atoms with E-state index in [-0.39, 0.29) is 5.91 Å². The van der Waals surface area contributed by atoms with Gasteiger partial charge >= 0.3 is 0 Å². The van der Waals surface area contributed by atoms with Crippen molar-refractivity contribution in [2.24, 2.45) is 0 Å². The van der Waals surface area contributed by atoms with E-state index in [0.29, 0.717) is 12.1 Å². The summed E-state index contributed by atoms with van der Waals surface area (Å²) >= 11 is 0. The molecule has 0 atom stereocenters. The number of aromatic nitrogens is 1. The van der Waals surface area contributed by atoms with Crippen LogP contribution in [0, 0.1) is 0 Å². The fraction of sp³-hybridized carbons (Fsp3) is 0.600. The van der Waals surface area contributed by atoms with Gasteiger partial charge in [0.2, 0.25) is 0 Å². The Morgan fingerprint density at radius 3 is 2.65 bits per heavy atom. The average molecular weight is 278 g/mol. The van der Waals surface area contributed by atoms with E-state index in [1.807, 2.05) is 0 Å². The zero-order chi connectivity index (χ0) is 14.8. The average Bonchev–Trinajstić information content (AvgIpc) is 2.49. The molecule has 0 spiro atoms. The van der Waals surface area contributed by atoms with Crippen molar-refractivity contribution < 1.29 is 4.79 Å². The minimum Gasteiger partial charge on any atom is -0.383 e. The summed E-state index contributed by atoms with van der Waals surface area (Å²) in [4.78, 5) is 18.5. The molecular weight excluding hydrogens is 252 g/mol. The molecule has 1 rings (SSSR count). The van der Waals surface area contributed by atoms with E-state index < -0.39 is 0 Å². The number of hydrogen-bond donors (Lipinski definition) is 2. The van der Waals surface area contributed by atoms with E-state index in [1.165, 1.54) is 0 Å². The molecule has 0 bridgehead atoms. The Kier molecular flexibility index (Phi) is 7.65. The number of anilines is 1. The largest absolute Gasteiger partial charge is 0.383 e. The van der Waals surface area contributed by atoms with Crippen LogP contribution in [-0.4, -0.2) is 48.5 Å². The van der Waals surface area contributed by atoms with Gasteiger partial charge in [0.1, 0.15) is 0 Å². The van der Waals surface area contributed by atoms with E-state index in [4.69, 9.17) is 0 Å². The molecule has 0 aliphatic carbocycles. The number of amides is 1. The molecule has 1 aromatic heterocycles. The van der Waals surface area contributed by atoms with Crippen LogP contribution in [0.3, 0.4) is 0 Å². The Hall–Kier alpha value is -1.62. The second kappa shape index (κ2) is 9.31. The Balaban J connectivity index is 2.54. The molecule has 5 nitrogen and oxygen atoms in total. The molecule has 0 fully saturated rings. The molecule has 0 aliphatic heterocycles. The molecule has 0 saturated carbocycles. The van der Waals surface area contributed by atoms with Crippen molar-refractivity contribution in [2.75, 3.05) is 38.0 Å². The Morgan fingerprint density at radius 2 is 2.00 bits per heavy atom. The molecule has 20 heavy (non-hydrogen) atoms. The van der Waals surface area contributed by atoms with Crippen LogP contribution < -0.4 is 10.6 Å². The van der Waals surface area contributed by atoms with E-state index in [0.717, 1.165) is 38.3 Å². The molecular formula is C15H26N4O. The summed E-state index contributed by atoms with van der Waals surface area (Å²) in [5.74, 6) is -0.0434. The van der Waals surface area contributed by atoms with Gasteiger partial charge in [0, 0.05) is 25.8 Å². The first kappa shape index (κ1) is 16.4. The van der Waals surface area contributed by atoms with Crippen molar-refractivity contribution in [2.45, 2.75) is 27.2 Å². The van der Waals surface area contributed by atoms with Gasteiger partial charge in [-0.1, -0.05) is 20.8 Å². The lowest BCUT2D eigenvalue weighted by Gasteiger charge is -2.18. The highest BCUT2D eigenvalue weighted by molar-refractivity contribution is 5.99. The standard InChI is InChI=1S/C15H26N4O/c1-4-8-17-14-12-16-9-7-13(14)15(20)18-10-11-19(5-2)6-3/h7,9,12,17H,4-6,8,10-11H2,1-3H3,(H,18,20). The van der Waals surface area contributed by atoms with Crippen molar-refractivity contribution in [3.8, 4) is 0 Å². The first-order chi connectivity index (χ1) is 9.72. The second-order valence-electron chi connectivity index (χ2n) is 4.63. The summed E-state index contributed by atoms with van der Waals surface area (Å²) in [7, 11) is 0. The molecule has 0 saturated heterocycles. The number of nitrogens with zero attached hydrogens (tertiary/aromatic N) is 2. The first-order valence-corrected chi connectivity index (χ1v) is 7.41. The summed E-state index contributed by atoms with van der Waals surface area (Å²) in [5, 5.41) is 6.20. The number of hydrogen-bond acceptors (Lipinski definition) is 4. The van der Waals surface area contributed by atoms with Crippen LogP contribution in [-0.2, 0) is 0 Å². The molecule has 0 radical (unpaired) electrons. The number of likely N-dealkylation sites (N-methyl/N-ethyl adjacent to an activating group) is 1. The van der Waals surface area contributed by atoms with Gasteiger partial charge in [0.25, 0.3) is 5.91 Å². The second-order valence-corrected chi connectivity index (χ2v) is 4.63. The van der Waals surface area contributed by atoms with E-state index in [1.54, 1.807) is 18.5 Å². The van der Waals surface area contributed by atoms with Gasteiger partial charge < -0.3 is 15.5 Å². The topological polar surface area (TPSA) is 57.3 Å². The Bertz CT molecular complexity index is 405. The maximum absolute atomic E-state index is 12.2. The van der Waals surface area contributed by atoms with Crippen LogP contribution in [0.25, 0.3) is 0 Å². The molecule has 0 unspecified atom stereocenters. The summed E-state index contributed by atoms with van der Waals surface area (Å²) in [6.07, 6.45) is 4.36. The van der Waals surface area contributed by atoms with E-state index in [9.17, 15) is 4.79 Å². The van der Waals surface area contributed by atoms with Crippen LogP contribution >= 0.6 is 0 Å². The fourth-order valence-electron chi connectivity index (χ4n) is 1.96. The third kappa shape index (κ3) is 5.17. The quantitative estimate of drug-likeness (QED) is 0.725. The van der Waals surface area contributed by atoms with Crippen LogP contribution in [0.4, 0.5) is 5.69 Å². The van der Waals surface area contributed by atoms with E-state index >= 15 is 0 Å². The van der Waals surface area contributed by atoms with Gasteiger partial charge in [-0.2, -0.15) is 0 Å². The van der Waals surface area contributed by atoms with Crippen molar-refractivity contribution in [1.29, 1.82) is 0 Å². The predicted octanol–water partition coefficient (Wildman–Crippen LogP) is 1.98. The van der Waals surface area contributed by atoms with Crippen LogP contribution in [0.5, 0.6) is 0 Å². The SMILES string of the molecule is CCCNc1cnccc1C(=O)NCCN(CC)CC. The third-order valence-electron chi connectivity index (χ3n) is 3.24. The minimum atomic E-state index is -0.0434. The van der Waals surface area contributed by atoms with Gasteiger partial charge in [0.15, 0.2) is 0 Å². The maximum Gasteiger partial charge on any atom is 0.253 e. The maximum atomic E-state index is 12.2. The minimum absolute atomic E-state index is 0.0434. The molecule has 112 valence electrons. The monoisotopic (exact) mass is 278 g/mol. The molecule has 1 amide bonds. The number of rotatable bonds is 9. The van der Waals surface area contributed by atoms with Crippen molar-refractivity contribution in [3.63, 3.8) is 0 Å². The fourth-order valence-corrected chi connectivity index (χ4v) is 1.96. The lowest BCUT2D eigenvalue weighted by Crippen LogP contribution is -2.35. The summed E-state index contributed by atoms with van der Waals surface area (Å²) in [5.41, 5.74) is 1.46. The van der Waals surface area contributed by atoms with Crippen LogP contribution in [0.15, 0.2) is 18.5 Å². The third-order valence-corrected chi connectivity index (χ3v) is 3.24. The number of carbonyl (C=O) groups is 1. The van der Waals surface area contributed by atoms with Crippen molar-refractivity contribution in [3.05, 3.63) is 24.0 Å². The normalized spacial score (nSPS) is 10.6. The highest BCUT2D eigenvalue weighted by Gasteiger charge is 2.10. The highest BCUT2D eigenvalue weighted by Crippen LogP contribution is 2.12. The van der Waals surface area contributed by atoms with Crippen molar-refractivity contribution in [1.82, 2.24) is 15.2 Å². The Labute approximate surface area is 121 Å². The molecule has 1 heterocycles. The zero-order valence-corrected chi connectivity index (χ0v) is 12.8. The van der Waals surface area contributed by atoms with Crippen LogP contribution in [0.1, 0.15) is 37.6 Å². The molecule has 0 aliphatic rings. The smallest absolute Gasteiger partial charge is 0.253 e. The lowest BCUT2D eigenvalue weighted by molar-refractivity contribution is 0.0949. The van der Waals surface area contributed by atoms with Gasteiger partial charge in [-0.25, -0.2) is 0 Å². The van der Waals surface area contributed by atoms with Crippen LogP contribution in [0.2, 0.25) is 0 Å². The van der Waals surface area contributed by atoms with Gasteiger partial charge in [-0.3, -0.25) is 9.78 Å². The summed E-state index contributed by atoms with van der Waals surface area (Å²) < 4.78 is 0. The van der Waals surface area contributed by atoms with Crippen molar-refractivity contribution >= 4 is 11.6 Å². The predicted molar refractivity (Wildman–Crippen MR) is 83.1 cm³/mol. The molecule has 1 aromatic rings. The molecule has 5 heteroatoms. The molecule has 0 aromatic carbocycles. The van der Waals surface area contributed by atoms with Gasteiger partial charge in [-0.15, -0.1) is 0 Å². The number of nitrogens with one attached hydrogen (secondary N) is 2. The highest BCUT2D eigenvalue weighted by atomic mass is 16.1. The van der Waals surface area contributed by atoms with E-state index in [2.05, 4.69) is 41.3 Å². The number of carbonyl (C=O) groups excluding carboxylic acids is 1. The van der Waals surface area contributed by atoms with Gasteiger partial charge in [0.05, 0.1) is 17.4 Å². The lowest BCUT2D eigenvalue weighted by atomic mass is 10.2. The first-order valence-electron chi connectivity index (χ1n) is 7.41. The zero-order valence-electron chi connectivity index (χ0n) is 12.8. The number of pyridine rings is 1. The summed E-state index contributed by atoms with van der Waals surface area (Å²) in [6, 6.07) is 1.75.